The summed E-state index contributed by atoms with van der Waals surface area (Å²) in [5.41, 5.74) is 0.667. The van der Waals surface area contributed by atoms with Gasteiger partial charge in [-0.1, -0.05) is 42.5 Å². The summed E-state index contributed by atoms with van der Waals surface area (Å²) < 4.78 is 7.08. The fourth-order valence-electron chi connectivity index (χ4n) is 3.34. The molecule has 34 heavy (non-hydrogen) atoms. The van der Waals surface area contributed by atoms with Gasteiger partial charge in [-0.15, -0.1) is 5.10 Å². The third kappa shape index (κ3) is 6.40. The molecule has 0 fully saturated rings. The minimum absolute atomic E-state index is 0.113. The molecule has 1 unspecified atom stereocenters. The van der Waals surface area contributed by atoms with Crippen molar-refractivity contribution in [3.63, 3.8) is 0 Å². The smallest absolute Gasteiger partial charge is 0.407 e. The van der Waals surface area contributed by atoms with E-state index in [0.29, 0.717) is 22.6 Å². The summed E-state index contributed by atoms with van der Waals surface area (Å²) in [6.07, 6.45) is -0.553. The van der Waals surface area contributed by atoms with Crippen LogP contribution in [0.25, 0.3) is 0 Å². The summed E-state index contributed by atoms with van der Waals surface area (Å²) >= 11 is 0. The molecule has 2 N–H and O–H groups in total. The maximum absolute atomic E-state index is 13.2. The van der Waals surface area contributed by atoms with Gasteiger partial charge < -0.3 is 15.4 Å². The van der Waals surface area contributed by atoms with E-state index in [-0.39, 0.29) is 12.3 Å². The zero-order valence-electron chi connectivity index (χ0n) is 20.5. The van der Waals surface area contributed by atoms with Crippen molar-refractivity contribution < 1.29 is 14.3 Å². The second-order valence-corrected chi connectivity index (χ2v) is 9.94. The SMILES string of the molecule is CC(C)(C)OC(=O)NCC(Nc1ccccc1C(=O)c1ccccc1)c1nnnn1C(C)(C)C. The molecular weight excluding hydrogens is 432 g/mol. The Balaban J connectivity index is 1.93. The number of carbonyl (C=O) groups is 2. The highest BCUT2D eigenvalue weighted by Gasteiger charge is 2.28. The fraction of sp³-hybridized carbons (Fsp3) is 0.400. The molecule has 1 amide bonds. The first kappa shape index (κ1) is 24.9. The van der Waals surface area contributed by atoms with Crippen molar-refractivity contribution >= 4 is 17.6 Å². The lowest BCUT2D eigenvalue weighted by atomic mass is 10.0. The van der Waals surface area contributed by atoms with E-state index >= 15 is 0 Å². The number of rotatable bonds is 7. The van der Waals surface area contributed by atoms with E-state index in [2.05, 4.69) is 26.2 Å². The van der Waals surface area contributed by atoms with Crippen molar-refractivity contribution in [2.45, 2.75) is 58.7 Å². The van der Waals surface area contributed by atoms with Crippen LogP contribution in [0.2, 0.25) is 0 Å². The predicted octanol–water partition coefficient (Wildman–Crippen LogP) is 4.34. The fourth-order valence-corrected chi connectivity index (χ4v) is 3.34. The first-order chi connectivity index (χ1) is 16.0. The topological polar surface area (TPSA) is 111 Å². The van der Waals surface area contributed by atoms with Crippen LogP contribution in [0.15, 0.2) is 54.6 Å². The van der Waals surface area contributed by atoms with Crippen molar-refractivity contribution in [3.8, 4) is 0 Å². The van der Waals surface area contributed by atoms with Crippen molar-refractivity contribution in [1.82, 2.24) is 25.5 Å². The number of ether oxygens (including phenoxy) is 1. The minimum atomic E-state index is -0.630. The molecule has 3 rings (SSSR count). The van der Waals surface area contributed by atoms with Crippen LogP contribution in [0, 0.1) is 0 Å². The third-order valence-corrected chi connectivity index (χ3v) is 4.83. The Hall–Kier alpha value is -3.75. The number of nitrogens with zero attached hydrogens (tertiary/aromatic N) is 4. The van der Waals surface area contributed by atoms with Gasteiger partial charge in [0.15, 0.2) is 11.6 Å². The Kier molecular flexibility index (Phi) is 7.34. The molecule has 3 aromatic rings. The lowest BCUT2D eigenvalue weighted by molar-refractivity contribution is 0.0524. The van der Waals surface area contributed by atoms with Crippen LogP contribution in [0.5, 0.6) is 0 Å². The number of anilines is 1. The van der Waals surface area contributed by atoms with Crippen LogP contribution in [-0.4, -0.2) is 44.2 Å². The number of ketones is 1. The van der Waals surface area contributed by atoms with Gasteiger partial charge in [0.2, 0.25) is 0 Å². The van der Waals surface area contributed by atoms with E-state index < -0.39 is 23.3 Å². The number of carbonyl (C=O) groups excluding carboxylic acids is 2. The van der Waals surface area contributed by atoms with Gasteiger partial charge in [0.25, 0.3) is 0 Å². The number of nitrogens with one attached hydrogen (secondary N) is 2. The van der Waals surface area contributed by atoms with Crippen molar-refractivity contribution in [2.75, 3.05) is 11.9 Å². The number of hydrogen-bond donors (Lipinski definition) is 2. The summed E-state index contributed by atoms with van der Waals surface area (Å²) in [4.78, 5) is 25.6. The molecule has 0 bridgehead atoms. The molecule has 9 heteroatoms. The van der Waals surface area contributed by atoms with E-state index in [1.807, 2.05) is 57.2 Å². The van der Waals surface area contributed by atoms with Crippen LogP contribution in [-0.2, 0) is 10.3 Å². The summed E-state index contributed by atoms with van der Waals surface area (Å²) in [5, 5.41) is 18.4. The highest BCUT2D eigenvalue weighted by molar-refractivity contribution is 6.12. The van der Waals surface area contributed by atoms with Crippen molar-refractivity contribution in [3.05, 3.63) is 71.5 Å². The second-order valence-electron chi connectivity index (χ2n) is 9.94. The Morgan fingerprint density at radius 3 is 2.26 bits per heavy atom. The highest BCUT2D eigenvalue weighted by atomic mass is 16.6. The van der Waals surface area contributed by atoms with Gasteiger partial charge in [0.1, 0.15) is 11.6 Å². The molecule has 0 aliphatic heterocycles. The van der Waals surface area contributed by atoms with Gasteiger partial charge in [0.05, 0.1) is 5.54 Å². The molecule has 180 valence electrons. The minimum Gasteiger partial charge on any atom is -0.444 e. The van der Waals surface area contributed by atoms with Gasteiger partial charge in [-0.25, -0.2) is 9.48 Å². The van der Waals surface area contributed by atoms with E-state index in [1.165, 1.54) is 0 Å². The predicted molar refractivity (Wildman–Crippen MR) is 130 cm³/mol. The number of hydrogen-bond acceptors (Lipinski definition) is 7. The molecule has 0 saturated heterocycles. The lowest BCUT2D eigenvalue weighted by Crippen LogP contribution is -2.38. The van der Waals surface area contributed by atoms with E-state index in [0.717, 1.165) is 0 Å². The zero-order chi connectivity index (χ0) is 24.9. The molecule has 0 saturated carbocycles. The van der Waals surface area contributed by atoms with Gasteiger partial charge >= 0.3 is 6.09 Å². The van der Waals surface area contributed by atoms with Crippen LogP contribution >= 0.6 is 0 Å². The zero-order valence-corrected chi connectivity index (χ0v) is 20.5. The molecular formula is C25H32N6O3. The monoisotopic (exact) mass is 464 g/mol. The van der Waals surface area contributed by atoms with Gasteiger partial charge in [-0.05, 0) is 64.1 Å². The second kappa shape index (κ2) is 10.0. The molecule has 0 radical (unpaired) electrons. The summed E-state index contributed by atoms with van der Waals surface area (Å²) in [7, 11) is 0. The van der Waals surface area contributed by atoms with Crippen LogP contribution in [0.3, 0.4) is 0 Å². The summed E-state index contributed by atoms with van der Waals surface area (Å²) in [6.45, 7) is 11.5. The number of tetrazole rings is 1. The van der Waals surface area contributed by atoms with E-state index in [9.17, 15) is 9.59 Å². The number of amides is 1. The van der Waals surface area contributed by atoms with E-state index in [4.69, 9.17) is 4.74 Å². The van der Waals surface area contributed by atoms with Gasteiger partial charge in [-0.3, -0.25) is 4.79 Å². The Morgan fingerprint density at radius 1 is 0.971 bits per heavy atom. The van der Waals surface area contributed by atoms with Crippen molar-refractivity contribution in [1.29, 1.82) is 0 Å². The first-order valence-electron chi connectivity index (χ1n) is 11.2. The number of benzene rings is 2. The third-order valence-electron chi connectivity index (χ3n) is 4.83. The maximum atomic E-state index is 13.2. The molecule has 0 spiro atoms. The maximum Gasteiger partial charge on any atom is 0.407 e. The highest BCUT2D eigenvalue weighted by Crippen LogP contribution is 2.26. The van der Waals surface area contributed by atoms with Crippen LogP contribution in [0.1, 0.15) is 69.3 Å². The molecule has 1 heterocycles. The molecule has 1 aromatic heterocycles. The first-order valence-corrected chi connectivity index (χ1v) is 11.2. The average Bonchev–Trinajstić information content (AvgIpc) is 3.26. The summed E-state index contributed by atoms with van der Waals surface area (Å²) in [5.74, 6) is 0.406. The molecule has 2 aromatic carbocycles. The number of alkyl carbamates (subject to hydrolysis) is 1. The van der Waals surface area contributed by atoms with Gasteiger partial charge in [-0.2, -0.15) is 0 Å². The molecule has 0 aliphatic carbocycles. The number of aromatic nitrogens is 4. The molecule has 0 aliphatic rings. The quantitative estimate of drug-likeness (QED) is 0.501. The van der Waals surface area contributed by atoms with E-state index in [1.54, 1.807) is 43.7 Å². The molecule has 9 nitrogen and oxygen atoms in total. The number of para-hydroxylation sites is 1. The van der Waals surface area contributed by atoms with Crippen LogP contribution < -0.4 is 10.6 Å². The average molecular weight is 465 g/mol. The normalized spacial score (nSPS) is 12.6. The Morgan fingerprint density at radius 2 is 1.62 bits per heavy atom. The Labute approximate surface area is 199 Å². The van der Waals surface area contributed by atoms with Crippen LogP contribution in [0.4, 0.5) is 10.5 Å². The van der Waals surface area contributed by atoms with Crippen molar-refractivity contribution in [2.24, 2.45) is 0 Å². The largest absolute Gasteiger partial charge is 0.444 e. The molecule has 1 atom stereocenters. The standard InChI is InChI=1S/C25H32N6O3/c1-24(2,3)31-22(28-29-30-31)20(16-26-23(33)34-25(4,5)6)27-19-15-11-10-14-18(19)21(32)17-12-8-7-9-13-17/h7-15,20,27H,16H2,1-6H3,(H,26,33). The lowest BCUT2D eigenvalue weighted by Gasteiger charge is -2.26. The summed E-state index contributed by atoms with van der Waals surface area (Å²) in [6, 6.07) is 15.8. The Bertz CT molecular complexity index is 1130. The van der Waals surface area contributed by atoms with Gasteiger partial charge in [0, 0.05) is 23.4 Å².